The number of likely N-dealkylation sites (tertiary alicyclic amines) is 1. The van der Waals surface area contributed by atoms with E-state index in [4.69, 9.17) is 4.98 Å². The zero-order valence-corrected chi connectivity index (χ0v) is 11.9. The van der Waals surface area contributed by atoms with E-state index in [2.05, 4.69) is 36.5 Å². The number of nitrogens with one attached hydrogen (secondary N) is 1. The van der Waals surface area contributed by atoms with Gasteiger partial charge < -0.3 is 5.32 Å². The van der Waals surface area contributed by atoms with E-state index >= 15 is 0 Å². The fraction of sp³-hybridized carbons (Fsp3) is 0.769. The number of nitrogens with zero attached hydrogens (tertiary/aromatic N) is 2. The Morgan fingerprint density at radius 1 is 1.59 bits per heavy atom. The van der Waals surface area contributed by atoms with Crippen molar-refractivity contribution in [2.24, 2.45) is 5.92 Å². The van der Waals surface area contributed by atoms with E-state index in [1.54, 1.807) is 0 Å². The van der Waals surface area contributed by atoms with Crippen molar-refractivity contribution in [2.45, 2.75) is 32.7 Å². The van der Waals surface area contributed by atoms with E-state index in [0.717, 1.165) is 18.8 Å². The largest absolute Gasteiger partial charge is 0.317 e. The van der Waals surface area contributed by atoms with Crippen molar-refractivity contribution in [3.8, 4) is 0 Å². The Hall–Kier alpha value is -0.450. The van der Waals surface area contributed by atoms with Crippen LogP contribution in [0.1, 0.15) is 36.5 Å². The molecule has 2 rings (SSSR count). The van der Waals surface area contributed by atoms with Crippen LogP contribution < -0.4 is 5.32 Å². The minimum Gasteiger partial charge on any atom is -0.317 e. The Morgan fingerprint density at radius 2 is 2.41 bits per heavy atom. The Labute approximate surface area is 108 Å². The van der Waals surface area contributed by atoms with Gasteiger partial charge in [0.25, 0.3) is 0 Å². The van der Waals surface area contributed by atoms with Gasteiger partial charge in [0.1, 0.15) is 5.01 Å². The maximum atomic E-state index is 4.69. The van der Waals surface area contributed by atoms with E-state index in [0.29, 0.717) is 12.0 Å². The minimum atomic E-state index is 0.515. The highest BCUT2D eigenvalue weighted by atomic mass is 32.1. The molecule has 2 atom stereocenters. The Bertz CT molecular complexity index is 350. The maximum absolute atomic E-state index is 4.69. The van der Waals surface area contributed by atoms with Crippen LogP contribution in [0.15, 0.2) is 5.38 Å². The Kier molecular flexibility index (Phi) is 4.54. The molecule has 2 unspecified atom stereocenters. The summed E-state index contributed by atoms with van der Waals surface area (Å²) in [5, 5.41) is 6.96. The number of rotatable bonds is 4. The first-order valence-corrected chi connectivity index (χ1v) is 7.43. The van der Waals surface area contributed by atoms with Crippen LogP contribution in [0.2, 0.25) is 0 Å². The highest BCUT2D eigenvalue weighted by Crippen LogP contribution is 2.35. The molecule has 3 nitrogen and oxygen atoms in total. The van der Waals surface area contributed by atoms with E-state index in [9.17, 15) is 0 Å². The third kappa shape index (κ3) is 3.06. The molecule has 0 amide bonds. The third-order valence-electron chi connectivity index (χ3n) is 3.55. The second-order valence-electron chi connectivity index (χ2n) is 4.96. The molecule has 0 aliphatic carbocycles. The van der Waals surface area contributed by atoms with E-state index < -0.39 is 0 Å². The maximum Gasteiger partial charge on any atom is 0.110 e. The third-order valence-corrected chi connectivity index (χ3v) is 4.59. The summed E-state index contributed by atoms with van der Waals surface area (Å²) in [6.07, 6.45) is 2.63. The Morgan fingerprint density at radius 3 is 3.06 bits per heavy atom. The van der Waals surface area contributed by atoms with Crippen LogP contribution in [-0.4, -0.2) is 36.6 Å². The van der Waals surface area contributed by atoms with Crippen molar-refractivity contribution in [3.63, 3.8) is 0 Å². The van der Waals surface area contributed by atoms with Crippen LogP contribution in [-0.2, 0) is 0 Å². The number of hydrogen-bond donors (Lipinski definition) is 1. The summed E-state index contributed by atoms with van der Waals surface area (Å²) in [5.74, 6) is 0.708. The number of aromatic nitrogens is 1. The summed E-state index contributed by atoms with van der Waals surface area (Å²) < 4.78 is 0. The van der Waals surface area contributed by atoms with Crippen molar-refractivity contribution >= 4 is 11.3 Å². The molecule has 0 saturated carbocycles. The van der Waals surface area contributed by atoms with Crippen LogP contribution in [0.4, 0.5) is 0 Å². The molecule has 96 valence electrons. The normalized spacial score (nSPS) is 26.3. The fourth-order valence-corrected chi connectivity index (χ4v) is 3.75. The average Bonchev–Trinajstić information content (AvgIpc) is 2.73. The van der Waals surface area contributed by atoms with Gasteiger partial charge in [-0.05, 0) is 52.4 Å². The lowest BCUT2D eigenvalue weighted by Crippen LogP contribution is -2.40. The van der Waals surface area contributed by atoms with Gasteiger partial charge in [-0.2, -0.15) is 0 Å². The van der Waals surface area contributed by atoms with Gasteiger partial charge in [-0.25, -0.2) is 4.98 Å². The van der Waals surface area contributed by atoms with Crippen LogP contribution in [0.25, 0.3) is 0 Å². The molecular formula is C13H23N3S. The predicted molar refractivity (Wildman–Crippen MR) is 73.5 cm³/mol. The minimum absolute atomic E-state index is 0.515. The molecule has 0 radical (unpaired) electrons. The van der Waals surface area contributed by atoms with Gasteiger partial charge in [0.15, 0.2) is 0 Å². The molecule has 1 aromatic heterocycles. The molecule has 1 aliphatic heterocycles. The van der Waals surface area contributed by atoms with Crippen LogP contribution in [0, 0.1) is 12.8 Å². The zero-order valence-electron chi connectivity index (χ0n) is 11.1. The SMILES string of the molecule is CCNCC1CCCN(C)C1c1nc(C)cs1. The number of piperidine rings is 1. The lowest BCUT2D eigenvalue weighted by atomic mass is 9.89. The molecular weight excluding hydrogens is 230 g/mol. The van der Waals surface area contributed by atoms with E-state index in [1.165, 1.54) is 24.4 Å². The summed E-state index contributed by atoms with van der Waals surface area (Å²) in [7, 11) is 2.24. The lowest BCUT2D eigenvalue weighted by Gasteiger charge is -2.38. The zero-order chi connectivity index (χ0) is 12.3. The molecule has 1 N–H and O–H groups in total. The van der Waals surface area contributed by atoms with Gasteiger partial charge in [-0.15, -0.1) is 11.3 Å². The summed E-state index contributed by atoms with van der Waals surface area (Å²) in [5.41, 5.74) is 1.16. The second-order valence-corrected chi connectivity index (χ2v) is 5.85. The van der Waals surface area contributed by atoms with Crippen LogP contribution in [0.5, 0.6) is 0 Å². The van der Waals surface area contributed by atoms with Crippen molar-refractivity contribution in [1.29, 1.82) is 0 Å². The van der Waals surface area contributed by atoms with Gasteiger partial charge in [0, 0.05) is 11.1 Å². The molecule has 0 spiro atoms. The van der Waals surface area contributed by atoms with Gasteiger partial charge >= 0.3 is 0 Å². The summed E-state index contributed by atoms with van der Waals surface area (Å²) in [4.78, 5) is 7.17. The molecule has 0 aromatic carbocycles. The second kappa shape index (κ2) is 5.94. The first-order valence-electron chi connectivity index (χ1n) is 6.55. The van der Waals surface area contributed by atoms with Crippen LogP contribution in [0.3, 0.4) is 0 Å². The lowest BCUT2D eigenvalue weighted by molar-refractivity contribution is 0.119. The summed E-state index contributed by atoms with van der Waals surface area (Å²) in [6, 6.07) is 0.515. The molecule has 1 aliphatic rings. The molecule has 1 fully saturated rings. The standard InChI is InChI=1S/C13H23N3S/c1-4-14-8-11-6-5-7-16(3)12(11)13-15-10(2)9-17-13/h9,11-12,14H,4-8H2,1-3H3. The van der Waals surface area contributed by atoms with E-state index in [1.807, 2.05) is 11.3 Å². The van der Waals surface area contributed by atoms with Crippen molar-refractivity contribution < 1.29 is 0 Å². The van der Waals surface area contributed by atoms with Gasteiger partial charge in [-0.1, -0.05) is 6.92 Å². The fourth-order valence-electron chi connectivity index (χ4n) is 2.70. The monoisotopic (exact) mass is 253 g/mol. The van der Waals surface area contributed by atoms with Crippen LogP contribution >= 0.6 is 11.3 Å². The van der Waals surface area contributed by atoms with Gasteiger partial charge in [0.2, 0.25) is 0 Å². The first-order chi connectivity index (χ1) is 8.22. The smallest absolute Gasteiger partial charge is 0.110 e. The molecule has 0 bridgehead atoms. The van der Waals surface area contributed by atoms with E-state index in [-0.39, 0.29) is 0 Å². The number of hydrogen-bond acceptors (Lipinski definition) is 4. The topological polar surface area (TPSA) is 28.2 Å². The predicted octanol–water partition coefficient (Wildman–Crippen LogP) is 2.44. The van der Waals surface area contributed by atoms with Crippen molar-refractivity contribution in [1.82, 2.24) is 15.2 Å². The first kappa shape index (κ1) is 13.0. The van der Waals surface area contributed by atoms with Gasteiger partial charge in [0.05, 0.1) is 6.04 Å². The molecule has 17 heavy (non-hydrogen) atoms. The molecule has 4 heteroatoms. The molecule has 2 heterocycles. The molecule has 1 aromatic rings. The quantitative estimate of drug-likeness (QED) is 0.893. The summed E-state index contributed by atoms with van der Waals surface area (Å²) >= 11 is 1.82. The van der Waals surface area contributed by atoms with Crippen molar-refractivity contribution in [2.75, 3.05) is 26.7 Å². The highest BCUT2D eigenvalue weighted by Gasteiger charge is 2.31. The molecule has 1 saturated heterocycles. The Balaban J connectivity index is 2.12. The van der Waals surface area contributed by atoms with Gasteiger partial charge in [-0.3, -0.25) is 4.90 Å². The number of thiazole rings is 1. The summed E-state index contributed by atoms with van der Waals surface area (Å²) in [6.45, 7) is 7.64. The highest BCUT2D eigenvalue weighted by molar-refractivity contribution is 7.09. The van der Waals surface area contributed by atoms with Crippen molar-refractivity contribution in [3.05, 3.63) is 16.1 Å². The average molecular weight is 253 g/mol. The number of aryl methyl sites for hydroxylation is 1.